The molecule has 0 saturated carbocycles. The van der Waals surface area contributed by atoms with Crippen LogP contribution in [0.15, 0.2) is 0 Å². The van der Waals surface area contributed by atoms with Gasteiger partial charge in [0.05, 0.1) is 18.0 Å². The molecule has 1 saturated heterocycles. The number of hydrogen-bond donors (Lipinski definition) is 2. The van der Waals surface area contributed by atoms with Gasteiger partial charge in [-0.05, 0) is 11.8 Å². The topological polar surface area (TPSA) is 77.8 Å². The maximum atomic E-state index is 11.9. The third kappa shape index (κ3) is 3.69. The van der Waals surface area contributed by atoms with Crippen LogP contribution < -0.4 is 0 Å². The van der Waals surface area contributed by atoms with Gasteiger partial charge in [0.15, 0.2) is 0 Å². The Bertz CT molecular complexity index is 323. The molecular formula is C10H21NO4S. The summed E-state index contributed by atoms with van der Waals surface area (Å²) in [6.45, 7) is 5.96. The second-order valence-corrected chi connectivity index (χ2v) is 7.67. The van der Waals surface area contributed by atoms with Crippen LogP contribution in [-0.4, -0.2) is 54.0 Å². The molecule has 0 aromatic heterocycles. The quantitative estimate of drug-likeness (QED) is 0.727. The first kappa shape index (κ1) is 13.9. The molecule has 1 aliphatic heterocycles. The van der Waals surface area contributed by atoms with Crippen molar-refractivity contribution in [1.29, 1.82) is 0 Å². The van der Waals surface area contributed by atoms with Crippen molar-refractivity contribution in [3.8, 4) is 0 Å². The number of hydrogen-bond acceptors (Lipinski definition) is 4. The highest BCUT2D eigenvalue weighted by molar-refractivity contribution is 7.89. The summed E-state index contributed by atoms with van der Waals surface area (Å²) in [6, 6.07) is 0. The van der Waals surface area contributed by atoms with Gasteiger partial charge in [0.2, 0.25) is 10.0 Å². The molecule has 0 aromatic rings. The standard InChI is InChI=1S/C10H21NO4S/c1-10(2,3)4-5-16(14,15)11-6-8(12)9(13)7-11/h8-9,12-13H,4-7H2,1-3H3. The molecule has 2 N–H and O–H groups in total. The third-order valence-electron chi connectivity index (χ3n) is 2.73. The Balaban J connectivity index is 2.59. The number of nitrogens with zero attached hydrogens (tertiary/aromatic N) is 1. The van der Waals surface area contributed by atoms with Gasteiger partial charge in [0, 0.05) is 13.1 Å². The first-order chi connectivity index (χ1) is 7.12. The van der Waals surface area contributed by atoms with Crippen LogP contribution in [0, 0.1) is 5.41 Å². The highest BCUT2D eigenvalue weighted by Gasteiger charge is 2.36. The number of sulfonamides is 1. The zero-order valence-electron chi connectivity index (χ0n) is 10.0. The van der Waals surface area contributed by atoms with E-state index >= 15 is 0 Å². The summed E-state index contributed by atoms with van der Waals surface area (Å²) in [4.78, 5) is 0. The second-order valence-electron chi connectivity index (χ2n) is 5.58. The van der Waals surface area contributed by atoms with E-state index in [0.717, 1.165) is 0 Å². The van der Waals surface area contributed by atoms with E-state index in [9.17, 15) is 18.6 Å². The van der Waals surface area contributed by atoms with Gasteiger partial charge in [-0.25, -0.2) is 8.42 Å². The molecular weight excluding hydrogens is 230 g/mol. The normalized spacial score (nSPS) is 28.6. The predicted octanol–water partition coefficient (Wildman–Crippen LogP) is -0.210. The second kappa shape index (κ2) is 4.60. The molecule has 96 valence electrons. The monoisotopic (exact) mass is 251 g/mol. The molecule has 0 bridgehead atoms. The molecule has 2 unspecified atom stereocenters. The van der Waals surface area contributed by atoms with Crippen LogP contribution in [-0.2, 0) is 10.0 Å². The summed E-state index contributed by atoms with van der Waals surface area (Å²) in [7, 11) is -3.35. The molecule has 1 aliphatic rings. The van der Waals surface area contributed by atoms with E-state index in [-0.39, 0.29) is 24.3 Å². The van der Waals surface area contributed by atoms with Crippen LogP contribution in [0.1, 0.15) is 27.2 Å². The average Bonchev–Trinajstić information content (AvgIpc) is 2.44. The van der Waals surface area contributed by atoms with Gasteiger partial charge in [0.1, 0.15) is 0 Å². The Morgan fingerprint density at radius 3 is 2.00 bits per heavy atom. The Morgan fingerprint density at radius 1 is 1.19 bits per heavy atom. The maximum absolute atomic E-state index is 11.9. The van der Waals surface area contributed by atoms with Gasteiger partial charge < -0.3 is 10.2 Å². The highest BCUT2D eigenvalue weighted by Crippen LogP contribution is 2.22. The van der Waals surface area contributed by atoms with Crippen molar-refractivity contribution in [2.24, 2.45) is 5.41 Å². The molecule has 0 aliphatic carbocycles. The van der Waals surface area contributed by atoms with E-state index in [1.165, 1.54) is 4.31 Å². The Hall–Kier alpha value is -0.170. The molecule has 16 heavy (non-hydrogen) atoms. The summed E-state index contributed by atoms with van der Waals surface area (Å²) >= 11 is 0. The molecule has 1 heterocycles. The first-order valence-corrected chi connectivity index (χ1v) is 7.07. The van der Waals surface area contributed by atoms with E-state index in [0.29, 0.717) is 6.42 Å². The van der Waals surface area contributed by atoms with Crippen molar-refractivity contribution in [1.82, 2.24) is 4.31 Å². The van der Waals surface area contributed by atoms with E-state index in [4.69, 9.17) is 0 Å². The molecule has 5 nitrogen and oxygen atoms in total. The summed E-state index contributed by atoms with van der Waals surface area (Å²) in [6.07, 6.45) is -1.34. The lowest BCUT2D eigenvalue weighted by molar-refractivity contribution is 0.0572. The third-order valence-corrected chi connectivity index (χ3v) is 4.53. The van der Waals surface area contributed by atoms with Gasteiger partial charge in [0.25, 0.3) is 0 Å². The minimum atomic E-state index is -3.35. The van der Waals surface area contributed by atoms with Crippen LogP contribution in [0.4, 0.5) is 0 Å². The first-order valence-electron chi connectivity index (χ1n) is 5.46. The summed E-state index contributed by atoms with van der Waals surface area (Å²) < 4.78 is 24.9. The van der Waals surface area contributed by atoms with Crippen molar-refractivity contribution in [2.45, 2.75) is 39.4 Å². The number of β-amino-alcohol motifs (C(OH)–C–C–N with tert-alkyl or cyclic N) is 2. The fourth-order valence-corrected chi connectivity index (χ4v) is 3.41. The maximum Gasteiger partial charge on any atom is 0.214 e. The zero-order valence-corrected chi connectivity index (χ0v) is 10.9. The Morgan fingerprint density at radius 2 is 1.62 bits per heavy atom. The van der Waals surface area contributed by atoms with E-state index in [1.807, 2.05) is 20.8 Å². The van der Waals surface area contributed by atoms with Gasteiger partial charge in [-0.15, -0.1) is 0 Å². The van der Waals surface area contributed by atoms with Crippen LogP contribution in [0.2, 0.25) is 0 Å². The SMILES string of the molecule is CC(C)(C)CCS(=O)(=O)N1CC(O)C(O)C1. The van der Waals surface area contributed by atoms with Crippen molar-refractivity contribution in [3.05, 3.63) is 0 Å². The molecule has 1 rings (SSSR count). The molecule has 2 atom stereocenters. The van der Waals surface area contributed by atoms with Gasteiger partial charge in [-0.2, -0.15) is 4.31 Å². The number of aliphatic hydroxyl groups is 2. The summed E-state index contributed by atoms with van der Waals surface area (Å²) in [5, 5.41) is 18.6. The Kier molecular flexibility index (Phi) is 3.99. The lowest BCUT2D eigenvalue weighted by Crippen LogP contribution is -2.33. The fourth-order valence-electron chi connectivity index (χ4n) is 1.53. The van der Waals surface area contributed by atoms with Crippen molar-refractivity contribution < 1.29 is 18.6 Å². The van der Waals surface area contributed by atoms with Gasteiger partial charge in [-0.1, -0.05) is 20.8 Å². The van der Waals surface area contributed by atoms with E-state index in [2.05, 4.69) is 0 Å². The van der Waals surface area contributed by atoms with Gasteiger partial charge in [-0.3, -0.25) is 0 Å². The lowest BCUT2D eigenvalue weighted by Gasteiger charge is -2.21. The average molecular weight is 251 g/mol. The summed E-state index contributed by atoms with van der Waals surface area (Å²) in [5.74, 6) is 0.0654. The van der Waals surface area contributed by atoms with E-state index in [1.54, 1.807) is 0 Å². The largest absolute Gasteiger partial charge is 0.389 e. The van der Waals surface area contributed by atoms with Gasteiger partial charge >= 0.3 is 0 Å². The minimum absolute atomic E-state index is 0.00758. The van der Waals surface area contributed by atoms with Crippen LogP contribution in [0.5, 0.6) is 0 Å². The molecule has 0 aromatic carbocycles. The zero-order chi connectivity index (χ0) is 12.6. The van der Waals surface area contributed by atoms with Crippen LogP contribution in [0.3, 0.4) is 0 Å². The predicted molar refractivity (Wildman–Crippen MR) is 61.4 cm³/mol. The highest BCUT2D eigenvalue weighted by atomic mass is 32.2. The molecule has 6 heteroatoms. The molecule has 0 radical (unpaired) electrons. The Labute approximate surface area is 97.1 Å². The molecule has 0 amide bonds. The lowest BCUT2D eigenvalue weighted by atomic mass is 9.94. The van der Waals surface area contributed by atoms with Crippen molar-refractivity contribution >= 4 is 10.0 Å². The summed E-state index contributed by atoms with van der Waals surface area (Å²) in [5.41, 5.74) is -0.0377. The number of rotatable bonds is 3. The van der Waals surface area contributed by atoms with Crippen LogP contribution in [0.25, 0.3) is 0 Å². The smallest absolute Gasteiger partial charge is 0.214 e. The van der Waals surface area contributed by atoms with Crippen molar-refractivity contribution in [2.75, 3.05) is 18.8 Å². The van der Waals surface area contributed by atoms with Crippen LogP contribution >= 0.6 is 0 Å². The van der Waals surface area contributed by atoms with Crippen molar-refractivity contribution in [3.63, 3.8) is 0 Å². The van der Waals surface area contributed by atoms with E-state index < -0.39 is 22.2 Å². The molecule has 1 fully saturated rings. The molecule has 0 spiro atoms. The fraction of sp³-hybridized carbons (Fsp3) is 1.00. The minimum Gasteiger partial charge on any atom is -0.389 e. The number of aliphatic hydroxyl groups excluding tert-OH is 2.